The predicted octanol–water partition coefficient (Wildman–Crippen LogP) is 2.39. The third kappa shape index (κ3) is 5.84. The minimum Gasteiger partial charge on any atom is -0.385 e. The number of ether oxygens (including phenoxy) is 1. The molecule has 0 radical (unpaired) electrons. The van der Waals surface area contributed by atoms with Crippen molar-refractivity contribution >= 4 is 0 Å². The van der Waals surface area contributed by atoms with Gasteiger partial charge in [-0.1, -0.05) is 6.92 Å². The van der Waals surface area contributed by atoms with Gasteiger partial charge < -0.3 is 15.4 Å². The van der Waals surface area contributed by atoms with Gasteiger partial charge in [-0.05, 0) is 58.0 Å². The van der Waals surface area contributed by atoms with Gasteiger partial charge in [-0.15, -0.1) is 0 Å². The summed E-state index contributed by atoms with van der Waals surface area (Å²) in [4.78, 5) is 2.68. The van der Waals surface area contributed by atoms with Gasteiger partial charge in [0.1, 0.15) is 0 Å². The van der Waals surface area contributed by atoms with E-state index in [-0.39, 0.29) is 0 Å². The Morgan fingerprint density at radius 3 is 2.41 bits per heavy atom. The van der Waals surface area contributed by atoms with Crippen LogP contribution in [-0.4, -0.2) is 43.8 Å². The molecule has 1 saturated carbocycles. The summed E-state index contributed by atoms with van der Waals surface area (Å²) in [5.74, 6) is 0. The molecule has 0 atom stereocenters. The number of methoxy groups -OCH3 is 1. The van der Waals surface area contributed by atoms with E-state index in [0.717, 1.165) is 12.6 Å². The second-order valence-corrected chi connectivity index (χ2v) is 5.30. The van der Waals surface area contributed by atoms with Crippen molar-refractivity contribution in [3.63, 3.8) is 0 Å². The molecule has 0 aromatic carbocycles. The molecule has 0 aromatic heterocycles. The third-order valence-electron chi connectivity index (χ3n) is 3.81. The van der Waals surface area contributed by atoms with Crippen molar-refractivity contribution in [3.8, 4) is 0 Å². The predicted molar refractivity (Wildman–Crippen MR) is 73.2 cm³/mol. The quantitative estimate of drug-likeness (QED) is 0.664. The van der Waals surface area contributed by atoms with E-state index in [9.17, 15) is 0 Å². The molecule has 17 heavy (non-hydrogen) atoms. The van der Waals surface area contributed by atoms with Crippen LogP contribution < -0.4 is 5.73 Å². The number of nitrogens with zero attached hydrogens (tertiary/aromatic N) is 1. The first-order chi connectivity index (χ1) is 8.27. The molecule has 0 bridgehead atoms. The van der Waals surface area contributed by atoms with Crippen LogP contribution in [0.5, 0.6) is 0 Å². The van der Waals surface area contributed by atoms with Gasteiger partial charge in [0.25, 0.3) is 0 Å². The lowest BCUT2D eigenvalue weighted by molar-refractivity contribution is 0.137. The van der Waals surface area contributed by atoms with E-state index in [1.807, 2.05) is 0 Å². The van der Waals surface area contributed by atoms with Crippen molar-refractivity contribution in [1.82, 2.24) is 4.90 Å². The van der Waals surface area contributed by atoms with Gasteiger partial charge >= 0.3 is 0 Å². The molecule has 1 aliphatic rings. The lowest BCUT2D eigenvalue weighted by Gasteiger charge is -2.36. The Kier molecular flexibility index (Phi) is 7.82. The first-order valence-corrected chi connectivity index (χ1v) is 7.26. The molecule has 2 N–H and O–H groups in total. The normalized spacial score (nSPS) is 25.4. The second-order valence-electron chi connectivity index (χ2n) is 5.30. The molecule has 1 rings (SSSR count). The molecule has 1 aliphatic carbocycles. The van der Waals surface area contributed by atoms with Crippen LogP contribution in [0.2, 0.25) is 0 Å². The average molecular weight is 242 g/mol. The first kappa shape index (κ1) is 14.9. The molecule has 0 spiro atoms. The summed E-state index contributed by atoms with van der Waals surface area (Å²) in [5.41, 5.74) is 5.98. The summed E-state index contributed by atoms with van der Waals surface area (Å²) in [6, 6.07) is 1.25. The number of nitrogens with two attached hydrogens (primary N) is 1. The number of hydrogen-bond donors (Lipinski definition) is 1. The van der Waals surface area contributed by atoms with Gasteiger partial charge in [0.2, 0.25) is 0 Å². The topological polar surface area (TPSA) is 38.5 Å². The van der Waals surface area contributed by atoms with Crippen LogP contribution in [0.15, 0.2) is 0 Å². The lowest BCUT2D eigenvalue weighted by Crippen LogP contribution is -2.41. The fourth-order valence-electron chi connectivity index (χ4n) is 2.79. The molecule has 0 aromatic rings. The van der Waals surface area contributed by atoms with Gasteiger partial charge in [0.05, 0.1) is 0 Å². The largest absolute Gasteiger partial charge is 0.385 e. The van der Waals surface area contributed by atoms with Crippen LogP contribution >= 0.6 is 0 Å². The van der Waals surface area contributed by atoms with Crippen molar-refractivity contribution in [2.24, 2.45) is 5.73 Å². The average Bonchev–Trinajstić information content (AvgIpc) is 2.34. The van der Waals surface area contributed by atoms with E-state index in [4.69, 9.17) is 10.5 Å². The summed E-state index contributed by atoms with van der Waals surface area (Å²) >= 11 is 0. The SMILES string of the molecule is CCCN(CCCCOC)C1CCC(N)CC1. The van der Waals surface area contributed by atoms with Crippen LogP contribution in [-0.2, 0) is 4.74 Å². The van der Waals surface area contributed by atoms with E-state index in [1.165, 1.54) is 58.0 Å². The zero-order valence-electron chi connectivity index (χ0n) is 11.7. The van der Waals surface area contributed by atoms with Crippen LogP contribution in [0, 0.1) is 0 Å². The highest BCUT2D eigenvalue weighted by Gasteiger charge is 2.23. The van der Waals surface area contributed by atoms with E-state index < -0.39 is 0 Å². The van der Waals surface area contributed by atoms with Crippen LogP contribution in [0.1, 0.15) is 51.9 Å². The summed E-state index contributed by atoms with van der Waals surface area (Å²) in [6.07, 6.45) is 8.72. The summed E-state index contributed by atoms with van der Waals surface area (Å²) in [5, 5.41) is 0. The molecular formula is C14H30N2O. The molecule has 3 heteroatoms. The highest BCUT2D eigenvalue weighted by molar-refractivity contribution is 4.81. The molecule has 0 saturated heterocycles. The van der Waals surface area contributed by atoms with Crippen molar-refractivity contribution in [1.29, 1.82) is 0 Å². The van der Waals surface area contributed by atoms with Crippen molar-refractivity contribution < 1.29 is 4.74 Å². The maximum absolute atomic E-state index is 5.98. The van der Waals surface area contributed by atoms with Gasteiger partial charge in [-0.2, -0.15) is 0 Å². The van der Waals surface area contributed by atoms with E-state index >= 15 is 0 Å². The minimum atomic E-state index is 0.461. The second kappa shape index (κ2) is 8.90. The third-order valence-corrected chi connectivity index (χ3v) is 3.81. The van der Waals surface area contributed by atoms with Gasteiger partial charge in [0.15, 0.2) is 0 Å². The van der Waals surface area contributed by atoms with Crippen LogP contribution in [0.25, 0.3) is 0 Å². The Labute approximate surface area is 107 Å². The Bertz CT molecular complexity index is 179. The standard InChI is InChI=1S/C14H30N2O/c1-3-10-16(11-4-5-12-17-2)14-8-6-13(15)7-9-14/h13-14H,3-12,15H2,1-2H3. The van der Waals surface area contributed by atoms with E-state index in [1.54, 1.807) is 7.11 Å². The van der Waals surface area contributed by atoms with Crippen molar-refractivity contribution in [2.45, 2.75) is 64.0 Å². The molecule has 102 valence electrons. The molecule has 0 aliphatic heterocycles. The molecule has 0 amide bonds. The summed E-state index contributed by atoms with van der Waals surface area (Å²) < 4.78 is 5.11. The number of hydrogen-bond acceptors (Lipinski definition) is 3. The highest BCUT2D eigenvalue weighted by atomic mass is 16.5. The Morgan fingerprint density at radius 2 is 1.82 bits per heavy atom. The monoisotopic (exact) mass is 242 g/mol. The fraction of sp³-hybridized carbons (Fsp3) is 1.00. The summed E-state index contributed by atoms with van der Waals surface area (Å²) in [7, 11) is 1.78. The highest BCUT2D eigenvalue weighted by Crippen LogP contribution is 2.22. The molecule has 0 unspecified atom stereocenters. The lowest BCUT2D eigenvalue weighted by atomic mass is 9.90. The minimum absolute atomic E-state index is 0.461. The Hall–Kier alpha value is -0.120. The Morgan fingerprint density at radius 1 is 1.12 bits per heavy atom. The van der Waals surface area contributed by atoms with E-state index in [2.05, 4.69) is 11.8 Å². The zero-order chi connectivity index (χ0) is 12.5. The van der Waals surface area contributed by atoms with Crippen molar-refractivity contribution in [3.05, 3.63) is 0 Å². The van der Waals surface area contributed by atoms with Gasteiger partial charge in [-0.3, -0.25) is 0 Å². The van der Waals surface area contributed by atoms with Gasteiger partial charge in [0, 0.05) is 25.8 Å². The molecular weight excluding hydrogens is 212 g/mol. The number of rotatable bonds is 8. The fourth-order valence-corrected chi connectivity index (χ4v) is 2.79. The maximum Gasteiger partial charge on any atom is 0.0462 e. The van der Waals surface area contributed by atoms with Gasteiger partial charge in [-0.25, -0.2) is 0 Å². The van der Waals surface area contributed by atoms with E-state index in [0.29, 0.717) is 6.04 Å². The number of unbranched alkanes of at least 4 members (excludes halogenated alkanes) is 1. The molecule has 1 fully saturated rings. The molecule has 0 heterocycles. The summed E-state index contributed by atoms with van der Waals surface area (Å²) in [6.45, 7) is 5.65. The Balaban J connectivity index is 2.26. The van der Waals surface area contributed by atoms with Crippen LogP contribution in [0.3, 0.4) is 0 Å². The van der Waals surface area contributed by atoms with Crippen LogP contribution in [0.4, 0.5) is 0 Å². The molecule has 3 nitrogen and oxygen atoms in total. The first-order valence-electron chi connectivity index (χ1n) is 7.26. The van der Waals surface area contributed by atoms with Crippen molar-refractivity contribution in [2.75, 3.05) is 26.8 Å². The zero-order valence-corrected chi connectivity index (χ0v) is 11.7. The maximum atomic E-state index is 5.98. The smallest absolute Gasteiger partial charge is 0.0462 e.